The summed E-state index contributed by atoms with van der Waals surface area (Å²) in [7, 11) is 1.94. The zero-order valence-corrected chi connectivity index (χ0v) is 21.2. The molecule has 3 atom stereocenters. The molecule has 34 heavy (non-hydrogen) atoms. The minimum atomic E-state index is -4.24. The summed E-state index contributed by atoms with van der Waals surface area (Å²) in [5.74, 6) is 1.14. The van der Waals surface area contributed by atoms with Crippen LogP contribution in [0.5, 0.6) is 0 Å². The van der Waals surface area contributed by atoms with E-state index in [2.05, 4.69) is 44.9 Å². The van der Waals surface area contributed by atoms with Crippen molar-refractivity contribution in [3.63, 3.8) is 0 Å². The first-order valence-electron chi connectivity index (χ1n) is 11.5. The number of thiol groups is 1. The Kier molecular flexibility index (Phi) is 6.09. The molecule has 0 amide bonds. The number of aryl methyl sites for hydroxylation is 1. The van der Waals surface area contributed by atoms with Crippen LogP contribution in [0.2, 0.25) is 0 Å². The van der Waals surface area contributed by atoms with Gasteiger partial charge in [0.15, 0.2) is 0 Å². The summed E-state index contributed by atoms with van der Waals surface area (Å²) in [6.07, 6.45) is 2.33. The van der Waals surface area contributed by atoms with Gasteiger partial charge in [-0.05, 0) is 24.8 Å². The SMILES string of the molecule is CC(C)[C@@H](c1cnn(C)c1)N1CCC2(CCN(c3ncnc4sc(CC(F)(F)F)cc34)C2)C1S. The Morgan fingerprint density at radius 3 is 2.68 bits per heavy atom. The molecule has 0 aliphatic carbocycles. The number of hydrogen-bond acceptors (Lipinski definition) is 7. The number of rotatable bonds is 5. The first-order chi connectivity index (χ1) is 16.1. The van der Waals surface area contributed by atoms with Crippen LogP contribution in [0.4, 0.5) is 19.0 Å². The number of alkyl halides is 3. The summed E-state index contributed by atoms with van der Waals surface area (Å²) in [6.45, 7) is 7.01. The monoisotopic (exact) mass is 510 g/mol. The predicted molar refractivity (Wildman–Crippen MR) is 131 cm³/mol. The first-order valence-corrected chi connectivity index (χ1v) is 12.9. The van der Waals surface area contributed by atoms with Crippen LogP contribution in [0.1, 0.15) is 43.2 Å². The Balaban J connectivity index is 1.39. The molecule has 0 bridgehead atoms. The normalized spacial score (nSPS) is 24.8. The minimum absolute atomic E-state index is 0.000550. The van der Waals surface area contributed by atoms with E-state index in [-0.39, 0.29) is 21.7 Å². The average molecular weight is 511 g/mol. The van der Waals surface area contributed by atoms with E-state index in [1.54, 1.807) is 6.07 Å². The molecule has 6 nitrogen and oxygen atoms in total. The van der Waals surface area contributed by atoms with Gasteiger partial charge < -0.3 is 4.90 Å². The Morgan fingerprint density at radius 1 is 1.24 bits per heavy atom. The summed E-state index contributed by atoms with van der Waals surface area (Å²) >= 11 is 6.25. The summed E-state index contributed by atoms with van der Waals surface area (Å²) < 4.78 is 40.7. The van der Waals surface area contributed by atoms with E-state index >= 15 is 0 Å². The molecule has 0 saturated carbocycles. The lowest BCUT2D eigenvalue weighted by molar-refractivity contribution is -0.126. The number of likely N-dealkylation sites (tertiary alicyclic amines) is 1. The molecule has 5 heterocycles. The van der Waals surface area contributed by atoms with Crippen molar-refractivity contribution in [1.82, 2.24) is 24.6 Å². The molecule has 5 rings (SSSR count). The fraction of sp³-hybridized carbons (Fsp3) is 0.609. The Hall–Kier alpha value is -1.85. The topological polar surface area (TPSA) is 50.1 Å². The van der Waals surface area contributed by atoms with Crippen molar-refractivity contribution in [2.45, 2.75) is 50.7 Å². The number of hydrogen-bond donors (Lipinski definition) is 1. The highest BCUT2D eigenvalue weighted by Crippen LogP contribution is 2.51. The number of fused-ring (bicyclic) bond motifs is 1. The summed E-state index contributed by atoms with van der Waals surface area (Å²) in [6, 6.07) is 1.85. The molecular formula is C23H29F3N6S2. The summed E-state index contributed by atoms with van der Waals surface area (Å²) in [5, 5.41) is 5.17. The van der Waals surface area contributed by atoms with Gasteiger partial charge in [-0.3, -0.25) is 9.58 Å². The van der Waals surface area contributed by atoms with Crippen molar-refractivity contribution in [2.24, 2.45) is 18.4 Å². The molecule has 184 valence electrons. The molecule has 1 spiro atoms. The van der Waals surface area contributed by atoms with E-state index in [1.165, 1.54) is 11.9 Å². The lowest BCUT2D eigenvalue weighted by Gasteiger charge is -2.37. The van der Waals surface area contributed by atoms with Crippen molar-refractivity contribution >= 4 is 40.0 Å². The molecule has 11 heteroatoms. The van der Waals surface area contributed by atoms with Crippen LogP contribution < -0.4 is 4.90 Å². The van der Waals surface area contributed by atoms with Crippen LogP contribution in [-0.2, 0) is 13.5 Å². The van der Waals surface area contributed by atoms with E-state index in [4.69, 9.17) is 12.6 Å². The van der Waals surface area contributed by atoms with Crippen molar-refractivity contribution in [1.29, 1.82) is 0 Å². The number of halogens is 3. The van der Waals surface area contributed by atoms with E-state index in [1.807, 2.05) is 17.9 Å². The van der Waals surface area contributed by atoms with E-state index in [9.17, 15) is 13.2 Å². The van der Waals surface area contributed by atoms with Crippen molar-refractivity contribution in [2.75, 3.05) is 24.5 Å². The number of nitrogens with zero attached hydrogens (tertiary/aromatic N) is 6. The zero-order chi connectivity index (χ0) is 24.3. The zero-order valence-electron chi connectivity index (χ0n) is 19.5. The van der Waals surface area contributed by atoms with Gasteiger partial charge in [0.05, 0.1) is 23.4 Å². The Bertz CT molecular complexity index is 1180. The molecule has 2 saturated heterocycles. The highest BCUT2D eigenvalue weighted by atomic mass is 32.1. The summed E-state index contributed by atoms with van der Waals surface area (Å²) in [4.78, 5) is 14.3. The molecule has 0 radical (unpaired) electrons. The van der Waals surface area contributed by atoms with Gasteiger partial charge in [0, 0.05) is 54.8 Å². The smallest absolute Gasteiger partial charge is 0.355 e. The third-order valence-corrected chi connectivity index (χ3v) is 9.09. The van der Waals surface area contributed by atoms with Gasteiger partial charge in [-0.25, -0.2) is 9.97 Å². The molecule has 2 fully saturated rings. The highest BCUT2D eigenvalue weighted by molar-refractivity contribution is 7.80. The largest absolute Gasteiger partial charge is 0.393 e. The van der Waals surface area contributed by atoms with Crippen molar-refractivity contribution in [3.8, 4) is 0 Å². The third-order valence-electron chi connectivity index (χ3n) is 7.20. The van der Waals surface area contributed by atoms with Crippen LogP contribution in [0, 0.1) is 11.3 Å². The molecule has 3 aromatic heterocycles. The first kappa shape index (κ1) is 23.9. The quantitative estimate of drug-likeness (QED) is 0.485. The highest BCUT2D eigenvalue weighted by Gasteiger charge is 2.52. The third kappa shape index (κ3) is 4.30. The van der Waals surface area contributed by atoms with E-state index in [0.29, 0.717) is 16.1 Å². The fourth-order valence-electron chi connectivity index (χ4n) is 5.72. The van der Waals surface area contributed by atoms with E-state index < -0.39 is 12.6 Å². The second kappa shape index (κ2) is 8.67. The maximum Gasteiger partial charge on any atom is 0.393 e. The van der Waals surface area contributed by atoms with Gasteiger partial charge in [0.2, 0.25) is 0 Å². The lowest BCUT2D eigenvalue weighted by Crippen LogP contribution is -2.40. The van der Waals surface area contributed by atoms with Crippen LogP contribution in [0.25, 0.3) is 10.2 Å². The number of thiophene rings is 1. The molecule has 2 aliphatic heterocycles. The maximum absolute atomic E-state index is 12.9. The average Bonchev–Trinajstić information content (AvgIpc) is 3.51. The predicted octanol–water partition coefficient (Wildman–Crippen LogP) is 5.09. The van der Waals surface area contributed by atoms with Gasteiger partial charge in [0.25, 0.3) is 0 Å². The van der Waals surface area contributed by atoms with Crippen LogP contribution in [-0.4, -0.2) is 55.8 Å². The van der Waals surface area contributed by atoms with Gasteiger partial charge in [-0.1, -0.05) is 13.8 Å². The number of aromatic nitrogens is 4. The van der Waals surface area contributed by atoms with Crippen LogP contribution in [0.15, 0.2) is 24.8 Å². The van der Waals surface area contributed by atoms with Crippen molar-refractivity contribution < 1.29 is 13.2 Å². The summed E-state index contributed by atoms with van der Waals surface area (Å²) in [5.41, 5.74) is 1.21. The number of anilines is 1. The minimum Gasteiger partial charge on any atom is -0.355 e. The van der Waals surface area contributed by atoms with Gasteiger partial charge in [-0.15, -0.1) is 11.3 Å². The van der Waals surface area contributed by atoms with Gasteiger partial charge in [-0.2, -0.15) is 30.9 Å². The second-order valence-corrected chi connectivity index (χ2v) is 11.6. The van der Waals surface area contributed by atoms with Crippen LogP contribution in [0.3, 0.4) is 0 Å². The van der Waals surface area contributed by atoms with Crippen molar-refractivity contribution in [3.05, 3.63) is 35.2 Å². The van der Waals surface area contributed by atoms with Gasteiger partial charge in [0.1, 0.15) is 17.0 Å². The molecule has 2 aliphatic rings. The van der Waals surface area contributed by atoms with Crippen LogP contribution >= 0.6 is 24.0 Å². The molecule has 0 aromatic carbocycles. The Morgan fingerprint density at radius 2 is 2.00 bits per heavy atom. The molecule has 0 N–H and O–H groups in total. The lowest BCUT2D eigenvalue weighted by atomic mass is 9.86. The second-order valence-electron chi connectivity index (χ2n) is 9.95. The Labute approximate surface area is 206 Å². The van der Waals surface area contributed by atoms with E-state index in [0.717, 1.165) is 49.6 Å². The molecule has 2 unspecified atom stereocenters. The maximum atomic E-state index is 12.9. The van der Waals surface area contributed by atoms with Gasteiger partial charge >= 0.3 is 6.18 Å². The molecular weight excluding hydrogens is 481 g/mol. The standard InChI is InChI=1S/C23H29F3N6S2/c1-14(2)18(15-10-29-30(3)11-15)32-7-5-22(21(32)33)4-6-31(12-22)19-17-8-16(9-23(24,25)26)34-20(17)28-13-27-19/h8,10-11,13-14,18,21,33H,4-7,9,12H2,1-3H3/t18-,21?,22?/m0/s1. The fourth-order valence-corrected chi connectivity index (χ4v) is 7.34. The molecule has 3 aromatic rings.